The summed E-state index contributed by atoms with van der Waals surface area (Å²) in [4.78, 5) is 0. The van der Waals surface area contributed by atoms with Crippen molar-refractivity contribution < 1.29 is 9.47 Å². The van der Waals surface area contributed by atoms with E-state index in [1.165, 1.54) is 0 Å². The molecule has 0 aliphatic rings. The summed E-state index contributed by atoms with van der Waals surface area (Å²) >= 11 is 0. The van der Waals surface area contributed by atoms with Gasteiger partial charge in [0.1, 0.15) is 19.0 Å². The molecule has 0 saturated heterocycles. The van der Waals surface area contributed by atoms with Crippen LogP contribution in [0.5, 0.6) is 5.75 Å². The highest BCUT2D eigenvalue weighted by molar-refractivity contribution is 5.20. The molecule has 2 heteroatoms. The Morgan fingerprint density at radius 3 is 2.64 bits per heavy atom. The van der Waals surface area contributed by atoms with Crippen LogP contribution >= 0.6 is 0 Å². The Kier molecular flexibility index (Phi) is 5.03. The molecule has 0 aliphatic heterocycles. The minimum Gasteiger partial charge on any atom is -0.498 e. The highest BCUT2D eigenvalue weighted by Gasteiger charge is 1.89. The second-order valence-corrected chi connectivity index (χ2v) is 2.60. The summed E-state index contributed by atoms with van der Waals surface area (Å²) < 4.78 is 10.5. The summed E-state index contributed by atoms with van der Waals surface area (Å²) in [6, 6.07) is 9.66. The average molecular weight is 190 g/mol. The van der Waals surface area contributed by atoms with Gasteiger partial charge < -0.3 is 9.47 Å². The number of hydrogen-bond donors (Lipinski definition) is 0. The second-order valence-electron chi connectivity index (χ2n) is 2.60. The van der Waals surface area contributed by atoms with Crippen molar-refractivity contribution in [2.75, 3.05) is 13.2 Å². The number of rotatable bonds is 6. The molecule has 2 nitrogen and oxygen atoms in total. The van der Waals surface area contributed by atoms with Gasteiger partial charge in [0.2, 0.25) is 0 Å². The lowest BCUT2D eigenvalue weighted by molar-refractivity contribution is 0.179. The lowest BCUT2D eigenvalue weighted by Gasteiger charge is -2.04. The van der Waals surface area contributed by atoms with Crippen molar-refractivity contribution >= 4 is 0 Å². The highest BCUT2D eigenvalue weighted by Crippen LogP contribution is 2.07. The van der Waals surface area contributed by atoms with Gasteiger partial charge in [0, 0.05) is 0 Å². The molecular weight excluding hydrogens is 176 g/mol. The van der Waals surface area contributed by atoms with E-state index in [0.717, 1.165) is 5.75 Å². The quantitative estimate of drug-likeness (QED) is 0.390. The molecule has 0 atom stereocenters. The van der Waals surface area contributed by atoms with Gasteiger partial charge in [-0.1, -0.05) is 30.9 Å². The minimum atomic E-state index is 0.541. The first-order chi connectivity index (χ1) is 6.93. The van der Waals surface area contributed by atoms with Gasteiger partial charge in [-0.15, -0.1) is 0 Å². The van der Waals surface area contributed by atoms with Crippen LogP contribution in [0.3, 0.4) is 0 Å². The third kappa shape index (κ3) is 4.36. The summed E-state index contributed by atoms with van der Waals surface area (Å²) in [5, 5.41) is 0. The van der Waals surface area contributed by atoms with Crippen LogP contribution in [0.4, 0.5) is 0 Å². The molecule has 1 aromatic carbocycles. The van der Waals surface area contributed by atoms with E-state index in [1.54, 1.807) is 18.4 Å². The van der Waals surface area contributed by atoms with Crippen LogP contribution in [0, 0.1) is 0 Å². The fourth-order valence-electron chi connectivity index (χ4n) is 0.904. The molecule has 0 N–H and O–H groups in total. The average Bonchev–Trinajstić information content (AvgIpc) is 2.25. The molecule has 74 valence electrons. The molecule has 0 saturated carbocycles. The van der Waals surface area contributed by atoms with E-state index in [-0.39, 0.29) is 0 Å². The van der Waals surface area contributed by atoms with Crippen molar-refractivity contribution in [2.45, 2.75) is 0 Å². The standard InChI is InChI=1S/C12H14O2/c1-2-3-9-13-10-11-14-12-7-5-4-6-8-12/h2-9H,1,10-11H2. The molecule has 14 heavy (non-hydrogen) atoms. The Hall–Kier alpha value is -1.70. The first kappa shape index (κ1) is 10.4. The predicted molar refractivity (Wildman–Crippen MR) is 57.2 cm³/mol. The fraction of sp³-hybridized carbons (Fsp3) is 0.167. The van der Waals surface area contributed by atoms with Crippen LogP contribution < -0.4 is 4.74 Å². The SMILES string of the molecule is C=CC=COCCOc1ccccc1. The summed E-state index contributed by atoms with van der Waals surface area (Å²) in [7, 11) is 0. The molecule has 0 bridgehead atoms. The molecule has 0 fully saturated rings. The lowest BCUT2D eigenvalue weighted by Crippen LogP contribution is -2.03. The van der Waals surface area contributed by atoms with E-state index < -0.39 is 0 Å². The number of allylic oxidation sites excluding steroid dienone is 2. The van der Waals surface area contributed by atoms with Gasteiger partial charge >= 0.3 is 0 Å². The van der Waals surface area contributed by atoms with Gasteiger partial charge in [0.25, 0.3) is 0 Å². The third-order valence-electron chi connectivity index (χ3n) is 1.52. The first-order valence-corrected chi connectivity index (χ1v) is 4.50. The maximum Gasteiger partial charge on any atom is 0.122 e. The predicted octanol–water partition coefficient (Wildman–Crippen LogP) is 2.78. The maximum absolute atomic E-state index is 5.40. The molecule has 0 aromatic heterocycles. The van der Waals surface area contributed by atoms with Crippen molar-refractivity contribution in [1.82, 2.24) is 0 Å². The molecule has 0 radical (unpaired) electrons. The summed E-state index contributed by atoms with van der Waals surface area (Å²) in [5.41, 5.74) is 0. The van der Waals surface area contributed by atoms with Crippen molar-refractivity contribution in [3.63, 3.8) is 0 Å². The zero-order valence-corrected chi connectivity index (χ0v) is 8.06. The lowest BCUT2D eigenvalue weighted by atomic mass is 10.3. The van der Waals surface area contributed by atoms with Crippen molar-refractivity contribution in [1.29, 1.82) is 0 Å². The van der Waals surface area contributed by atoms with Crippen LogP contribution in [0.1, 0.15) is 0 Å². The van der Waals surface area contributed by atoms with Crippen LogP contribution in [0.15, 0.2) is 55.3 Å². The zero-order chi connectivity index (χ0) is 10.1. The molecule has 0 aliphatic carbocycles. The van der Waals surface area contributed by atoms with Crippen molar-refractivity contribution in [3.8, 4) is 5.75 Å². The molecule has 0 heterocycles. The molecule has 0 spiro atoms. The molecular formula is C12H14O2. The van der Waals surface area contributed by atoms with E-state index in [2.05, 4.69) is 6.58 Å². The van der Waals surface area contributed by atoms with Gasteiger partial charge in [-0.05, 0) is 18.2 Å². The van der Waals surface area contributed by atoms with Crippen LogP contribution in [-0.2, 0) is 4.74 Å². The van der Waals surface area contributed by atoms with Crippen LogP contribution in [0.25, 0.3) is 0 Å². The summed E-state index contributed by atoms with van der Waals surface area (Å²) in [6.07, 6.45) is 5.00. The second kappa shape index (κ2) is 6.78. The minimum absolute atomic E-state index is 0.541. The number of ether oxygens (including phenoxy) is 2. The van der Waals surface area contributed by atoms with Crippen LogP contribution in [0.2, 0.25) is 0 Å². The van der Waals surface area contributed by atoms with Gasteiger partial charge in [-0.2, -0.15) is 0 Å². The van der Waals surface area contributed by atoms with Crippen LogP contribution in [-0.4, -0.2) is 13.2 Å². The van der Waals surface area contributed by atoms with Gasteiger partial charge in [0.15, 0.2) is 0 Å². The van der Waals surface area contributed by atoms with E-state index in [4.69, 9.17) is 9.47 Å². The van der Waals surface area contributed by atoms with E-state index in [9.17, 15) is 0 Å². The Morgan fingerprint density at radius 2 is 1.93 bits per heavy atom. The Balaban J connectivity index is 2.10. The van der Waals surface area contributed by atoms with E-state index in [0.29, 0.717) is 13.2 Å². The first-order valence-electron chi connectivity index (χ1n) is 4.50. The highest BCUT2D eigenvalue weighted by atomic mass is 16.5. The zero-order valence-electron chi connectivity index (χ0n) is 8.06. The molecule has 0 unspecified atom stereocenters. The van der Waals surface area contributed by atoms with E-state index >= 15 is 0 Å². The summed E-state index contributed by atoms with van der Waals surface area (Å²) in [5.74, 6) is 0.865. The van der Waals surface area contributed by atoms with E-state index in [1.807, 2.05) is 30.3 Å². The Bertz CT molecular complexity index is 278. The maximum atomic E-state index is 5.40. The largest absolute Gasteiger partial charge is 0.498 e. The monoisotopic (exact) mass is 190 g/mol. The molecule has 1 aromatic rings. The molecule has 0 amide bonds. The number of para-hydroxylation sites is 1. The summed E-state index contributed by atoms with van der Waals surface area (Å²) in [6.45, 7) is 4.62. The van der Waals surface area contributed by atoms with Crippen molar-refractivity contribution in [2.24, 2.45) is 0 Å². The van der Waals surface area contributed by atoms with Crippen molar-refractivity contribution in [3.05, 3.63) is 55.3 Å². The number of benzene rings is 1. The van der Waals surface area contributed by atoms with Gasteiger partial charge in [0.05, 0.1) is 6.26 Å². The fourth-order valence-corrected chi connectivity index (χ4v) is 0.904. The molecule has 1 rings (SSSR count). The normalized spacial score (nSPS) is 10.0. The Labute approximate surface area is 84.5 Å². The third-order valence-corrected chi connectivity index (χ3v) is 1.52. The smallest absolute Gasteiger partial charge is 0.122 e. The topological polar surface area (TPSA) is 18.5 Å². The van der Waals surface area contributed by atoms with Gasteiger partial charge in [-0.25, -0.2) is 0 Å². The number of hydrogen-bond acceptors (Lipinski definition) is 2. The Morgan fingerprint density at radius 1 is 1.14 bits per heavy atom. The van der Waals surface area contributed by atoms with Gasteiger partial charge in [-0.3, -0.25) is 0 Å².